The lowest BCUT2D eigenvalue weighted by molar-refractivity contribution is -0.136. The van der Waals surface area contributed by atoms with E-state index in [-0.39, 0.29) is 183 Å². The molecular weight excluding hydrogens is 1450 g/mol. The molecule has 0 saturated carbocycles. The van der Waals surface area contributed by atoms with Crippen molar-refractivity contribution in [1.82, 2.24) is 85.1 Å². The number of primary amides is 1. The average molecular weight is 1570 g/mol. The Morgan fingerprint density at radius 1 is 0.355 bits per heavy atom. The number of nitrogens with one attached hydrogen (secondary N) is 22. The second-order valence-corrected chi connectivity index (χ2v) is 26.9. The minimum Gasteiger partial charge on any atom is -0.508 e. The standard InChI is InChI=1S/C67H115N29O13S/c1-5-36(2)51(61(109)95-50(35-39-20-24-41(99)25-21-39)60(108)91-44(14-8-29-83-64(73)74)54(102)88-42(52(68)100)12-6-27-81-62(69)70)96-58(106)47(17-11-32-86-67(79)80)90-55(103)46(16-10-31-85-66(77)78)92-59(107)49(34-38-18-22-40(98)23-19-38)94-57(105)48(26-33-110-4)93-56(104)45(15-9-30-84-65(75)76)89-53(101)43(87-37(3)97)13-7-28-82-63(71)72/h18-25,36,42-51,98-99H,5-17,26-35H2,1-4H3,(H2,68,100)(H,87,97)(H,88,102)(H,89,101)(H,90,103)(H,91,108)(H,92,107)(H,93,104)(H,94,105)(H,95,109)(H,96,106)(H4,69,70,81)(H4,71,72,82)(H4,73,74,83)(H4,75,76,84)(H4,77,78,85)(H4,79,80,86)/t36-,42-,43-,44-,45-,46-,47-,48-,49-,50-,51-/m0/s1. The van der Waals surface area contributed by atoms with Crippen molar-refractivity contribution in [2.24, 2.45) is 46.1 Å². The molecule has 11 atom stereocenters. The summed E-state index contributed by atoms with van der Waals surface area (Å²) in [5, 5.41) is 108. The van der Waals surface area contributed by atoms with Crippen molar-refractivity contribution in [3.63, 3.8) is 0 Å². The van der Waals surface area contributed by atoms with Gasteiger partial charge in [0.05, 0.1) is 0 Å². The van der Waals surface area contributed by atoms with Crippen molar-refractivity contribution in [3.8, 4) is 11.5 Å². The minimum absolute atomic E-state index is 0.000171. The van der Waals surface area contributed by atoms with Gasteiger partial charge in [-0.2, -0.15) is 11.8 Å². The number of carbonyl (C=O) groups excluding carboxylic acids is 11. The van der Waals surface area contributed by atoms with Gasteiger partial charge in [0.2, 0.25) is 65.0 Å². The molecule has 0 saturated heterocycles. The predicted molar refractivity (Wildman–Crippen MR) is 415 cm³/mol. The first kappa shape index (κ1) is 94.3. The van der Waals surface area contributed by atoms with Crippen LogP contribution in [0.2, 0.25) is 0 Å². The zero-order valence-electron chi connectivity index (χ0n) is 62.6. The molecule has 0 radical (unpaired) electrons. The summed E-state index contributed by atoms with van der Waals surface area (Å²) in [5.74, 6) is -12.5. The number of amides is 11. The lowest BCUT2D eigenvalue weighted by Crippen LogP contribution is -2.61. The Kier molecular flexibility index (Phi) is 44.1. The Labute approximate surface area is 642 Å². The summed E-state index contributed by atoms with van der Waals surface area (Å²) in [6, 6.07) is -3.08. The SMILES string of the molecule is CC[C@H](C)[C@H](NC(=O)[C@H](CCCNC(=N)N)NC(=O)[C@H](CCCNC(=N)N)NC(=O)[C@H](Cc1ccc(O)cc1)NC(=O)[C@H](CCSC)NC(=O)[C@H](CCCNC(=N)N)NC(=O)[C@H](CCCNC(=N)N)NC(C)=O)C(=O)N[C@@H](Cc1ccc(O)cc1)C(=O)N[C@@H](CCCNC(=N)N)C(=O)N[C@@H](CCCNC(=N)N)C(N)=O. The Morgan fingerprint density at radius 2 is 0.591 bits per heavy atom. The number of phenolic OH excluding ortho intramolecular Hbond substituents is 2. The largest absolute Gasteiger partial charge is 0.508 e. The molecule has 0 unspecified atom stereocenters. The molecule has 0 aliphatic heterocycles. The molecule has 0 spiro atoms. The van der Waals surface area contributed by atoms with Crippen LogP contribution in [0.4, 0.5) is 0 Å². The van der Waals surface area contributed by atoms with Crippen molar-refractivity contribution in [1.29, 1.82) is 32.5 Å². The van der Waals surface area contributed by atoms with Crippen molar-refractivity contribution in [2.45, 2.75) is 184 Å². The smallest absolute Gasteiger partial charge is 0.243 e. The number of carbonyl (C=O) groups is 11. The Balaban J connectivity index is 2.75. The zero-order chi connectivity index (χ0) is 82.4. The minimum atomic E-state index is -1.58. The lowest BCUT2D eigenvalue weighted by Gasteiger charge is -2.30. The first-order valence-electron chi connectivity index (χ1n) is 35.9. The van der Waals surface area contributed by atoms with E-state index in [0.717, 1.165) is 0 Å². The van der Waals surface area contributed by atoms with Crippen LogP contribution >= 0.6 is 11.8 Å². The molecule has 2 rings (SSSR count). The van der Waals surface area contributed by atoms with Crippen LogP contribution in [-0.4, -0.2) is 223 Å². The van der Waals surface area contributed by atoms with Crippen molar-refractivity contribution < 1.29 is 63.0 Å². The number of guanidine groups is 6. The molecule has 612 valence electrons. The van der Waals surface area contributed by atoms with Crippen LogP contribution in [0.1, 0.15) is 122 Å². The molecule has 38 N–H and O–H groups in total. The van der Waals surface area contributed by atoms with Gasteiger partial charge in [0.25, 0.3) is 0 Å². The quantitative estimate of drug-likeness (QED) is 0.0166. The van der Waals surface area contributed by atoms with Gasteiger partial charge in [-0.25, -0.2) is 0 Å². The highest BCUT2D eigenvalue weighted by Crippen LogP contribution is 2.17. The molecule has 0 aliphatic rings. The monoisotopic (exact) mass is 1570 g/mol. The molecule has 0 aromatic heterocycles. The fourth-order valence-corrected chi connectivity index (χ4v) is 11.3. The van der Waals surface area contributed by atoms with Gasteiger partial charge in [0.15, 0.2) is 35.8 Å². The normalized spacial score (nSPS) is 13.8. The van der Waals surface area contributed by atoms with Crippen LogP contribution in [0, 0.1) is 38.4 Å². The predicted octanol–water partition coefficient (Wildman–Crippen LogP) is -6.38. The van der Waals surface area contributed by atoms with Crippen molar-refractivity contribution in [3.05, 3.63) is 59.7 Å². The van der Waals surface area contributed by atoms with Gasteiger partial charge in [-0.15, -0.1) is 0 Å². The molecule has 0 aliphatic carbocycles. The third kappa shape index (κ3) is 39.7. The number of phenols is 2. The maximum absolute atomic E-state index is 15.0. The summed E-state index contributed by atoms with van der Waals surface area (Å²) in [6.07, 6.45) is 1.64. The summed E-state index contributed by atoms with van der Waals surface area (Å²) < 4.78 is 0. The summed E-state index contributed by atoms with van der Waals surface area (Å²) >= 11 is 1.31. The van der Waals surface area contributed by atoms with Gasteiger partial charge in [0, 0.05) is 59.0 Å². The molecule has 110 heavy (non-hydrogen) atoms. The molecule has 43 heteroatoms. The van der Waals surface area contributed by atoms with E-state index >= 15 is 9.59 Å². The fraction of sp³-hybridized carbons (Fsp3) is 0.567. The van der Waals surface area contributed by atoms with E-state index < -0.39 is 143 Å². The summed E-state index contributed by atoms with van der Waals surface area (Å²) in [4.78, 5) is 157. The van der Waals surface area contributed by atoms with E-state index in [9.17, 15) is 53.4 Å². The second kappa shape index (κ2) is 51.5. The molecule has 0 heterocycles. The number of aromatic hydroxyl groups is 2. The highest BCUT2D eigenvalue weighted by atomic mass is 32.2. The number of rotatable bonds is 53. The van der Waals surface area contributed by atoms with E-state index in [1.807, 2.05) is 0 Å². The number of benzene rings is 2. The molecule has 0 fully saturated rings. The van der Waals surface area contributed by atoms with Gasteiger partial charge in [0.1, 0.15) is 71.9 Å². The molecule has 11 amide bonds. The average Bonchev–Trinajstić information content (AvgIpc) is 0.837. The third-order valence-electron chi connectivity index (χ3n) is 16.9. The van der Waals surface area contributed by atoms with Crippen LogP contribution in [0.3, 0.4) is 0 Å². The Bertz CT molecular complexity index is 3410. The maximum atomic E-state index is 15.0. The number of hydrogen-bond acceptors (Lipinski definition) is 20. The van der Waals surface area contributed by atoms with E-state index in [0.29, 0.717) is 11.1 Å². The van der Waals surface area contributed by atoms with E-state index in [1.54, 1.807) is 20.1 Å². The van der Waals surface area contributed by atoms with Crippen molar-refractivity contribution in [2.75, 3.05) is 51.3 Å². The maximum Gasteiger partial charge on any atom is 0.243 e. The number of nitrogens with two attached hydrogens (primary N) is 7. The van der Waals surface area contributed by atoms with Crippen LogP contribution in [0.5, 0.6) is 11.5 Å². The Hall–Kier alpha value is -11.8. The Morgan fingerprint density at radius 3 is 0.855 bits per heavy atom. The van der Waals surface area contributed by atoms with E-state index in [4.69, 9.17) is 72.6 Å². The van der Waals surface area contributed by atoms with Crippen LogP contribution < -0.4 is 125 Å². The number of thioether (sulfide) groups is 1. The highest BCUT2D eigenvalue weighted by Gasteiger charge is 2.37. The summed E-state index contributed by atoms with van der Waals surface area (Å²) in [6.45, 7) is 5.00. The fourth-order valence-electron chi connectivity index (χ4n) is 10.8. The van der Waals surface area contributed by atoms with Crippen LogP contribution in [-0.2, 0) is 65.6 Å². The van der Waals surface area contributed by atoms with Crippen molar-refractivity contribution >= 4 is 112 Å². The molecular formula is C67H115N29O13S. The van der Waals surface area contributed by atoms with Gasteiger partial charge < -0.3 is 135 Å². The van der Waals surface area contributed by atoms with Gasteiger partial charge in [-0.05, 0) is 137 Å². The second-order valence-electron chi connectivity index (χ2n) is 25.9. The van der Waals surface area contributed by atoms with Crippen LogP contribution in [0.15, 0.2) is 48.5 Å². The van der Waals surface area contributed by atoms with Crippen LogP contribution in [0.25, 0.3) is 0 Å². The molecule has 42 nitrogen and oxygen atoms in total. The highest BCUT2D eigenvalue weighted by molar-refractivity contribution is 7.98. The lowest BCUT2D eigenvalue weighted by atomic mass is 9.96. The zero-order valence-corrected chi connectivity index (χ0v) is 63.4. The molecule has 2 aromatic rings. The molecule has 0 bridgehead atoms. The van der Waals surface area contributed by atoms with Gasteiger partial charge in [-0.3, -0.25) is 85.2 Å². The van der Waals surface area contributed by atoms with E-state index in [2.05, 4.69) is 85.1 Å². The number of hydrogen-bond donors (Lipinski definition) is 31. The summed E-state index contributed by atoms with van der Waals surface area (Å²) in [7, 11) is 0. The van der Waals surface area contributed by atoms with Gasteiger partial charge in [-0.1, -0.05) is 44.5 Å². The van der Waals surface area contributed by atoms with E-state index in [1.165, 1.54) is 67.2 Å². The third-order valence-corrected chi connectivity index (χ3v) is 17.5. The first-order valence-corrected chi connectivity index (χ1v) is 37.2. The topological polar surface area (TPSA) is 746 Å². The van der Waals surface area contributed by atoms with Gasteiger partial charge >= 0.3 is 0 Å². The summed E-state index contributed by atoms with van der Waals surface area (Å²) in [5.41, 5.74) is 39.4. The first-order chi connectivity index (χ1) is 52.0. The molecule has 2 aromatic carbocycles.